The average Bonchev–Trinajstić information content (AvgIpc) is 3.43. The van der Waals surface area contributed by atoms with Gasteiger partial charge in [0, 0.05) is 24.8 Å². The number of amides is 2. The number of carbonyl (C=O) groups is 1. The Labute approximate surface area is 167 Å². The average molecular weight is 392 g/mol. The monoisotopic (exact) mass is 392 g/mol. The lowest BCUT2D eigenvalue weighted by atomic mass is 10.1. The molecular weight excluding hydrogens is 360 g/mol. The van der Waals surface area contributed by atoms with Gasteiger partial charge in [0.2, 0.25) is 5.75 Å². The summed E-state index contributed by atoms with van der Waals surface area (Å²) in [4.78, 5) is 15.0. The van der Waals surface area contributed by atoms with Gasteiger partial charge in [-0.15, -0.1) is 0 Å². The van der Waals surface area contributed by atoms with E-state index < -0.39 is 0 Å². The first kappa shape index (κ1) is 20.6. The molecule has 3 rings (SSSR count). The van der Waals surface area contributed by atoms with Gasteiger partial charge in [0.25, 0.3) is 0 Å². The first-order valence-corrected chi connectivity index (χ1v) is 10.1. The van der Waals surface area contributed by atoms with Gasteiger partial charge in [0.15, 0.2) is 11.5 Å². The normalized spacial score (nSPS) is 19.5. The molecule has 1 saturated heterocycles. The fourth-order valence-corrected chi connectivity index (χ4v) is 4.16. The molecule has 1 aliphatic carbocycles. The number of nitrogens with zero attached hydrogens (tertiary/aromatic N) is 1. The summed E-state index contributed by atoms with van der Waals surface area (Å²) in [5, 5.41) is 3.08. The number of ether oxygens (including phenoxy) is 4. The highest BCUT2D eigenvalue weighted by Crippen LogP contribution is 2.40. The topological polar surface area (TPSA) is 69.3 Å². The van der Waals surface area contributed by atoms with Gasteiger partial charge >= 0.3 is 6.03 Å². The minimum Gasteiger partial charge on any atom is -0.493 e. The lowest BCUT2D eigenvalue weighted by Crippen LogP contribution is -2.46. The van der Waals surface area contributed by atoms with Crippen LogP contribution in [0.3, 0.4) is 0 Å². The van der Waals surface area contributed by atoms with E-state index in [0.29, 0.717) is 30.3 Å². The van der Waals surface area contributed by atoms with E-state index in [4.69, 9.17) is 18.9 Å². The van der Waals surface area contributed by atoms with E-state index in [1.54, 1.807) is 21.3 Å². The molecule has 1 atom stereocenters. The van der Waals surface area contributed by atoms with Crippen molar-refractivity contribution in [2.24, 2.45) is 0 Å². The van der Waals surface area contributed by atoms with Crippen LogP contribution in [-0.2, 0) is 11.3 Å². The summed E-state index contributed by atoms with van der Waals surface area (Å²) in [5.74, 6) is 1.77. The summed E-state index contributed by atoms with van der Waals surface area (Å²) in [5.41, 5.74) is 0.902. The Kier molecular flexibility index (Phi) is 7.25. The summed E-state index contributed by atoms with van der Waals surface area (Å²) in [6.45, 7) is 1.81. The number of carbonyl (C=O) groups excluding carboxylic acids is 1. The molecule has 0 aromatic heterocycles. The van der Waals surface area contributed by atoms with Gasteiger partial charge < -0.3 is 29.2 Å². The zero-order valence-corrected chi connectivity index (χ0v) is 17.2. The van der Waals surface area contributed by atoms with Crippen molar-refractivity contribution in [1.29, 1.82) is 0 Å². The number of methoxy groups -OCH3 is 3. The summed E-state index contributed by atoms with van der Waals surface area (Å²) in [6, 6.07) is 3.99. The fraction of sp³-hybridized carbons (Fsp3) is 0.667. The van der Waals surface area contributed by atoms with Crippen LogP contribution in [0.4, 0.5) is 4.79 Å². The summed E-state index contributed by atoms with van der Waals surface area (Å²) in [6.07, 6.45) is 6.58. The minimum absolute atomic E-state index is 0.0424. The van der Waals surface area contributed by atoms with Crippen LogP contribution in [0, 0.1) is 0 Å². The lowest BCUT2D eigenvalue weighted by Gasteiger charge is -2.30. The molecule has 28 heavy (non-hydrogen) atoms. The van der Waals surface area contributed by atoms with E-state index >= 15 is 0 Å². The summed E-state index contributed by atoms with van der Waals surface area (Å²) in [7, 11) is 4.80. The molecule has 1 unspecified atom stereocenters. The van der Waals surface area contributed by atoms with Crippen molar-refractivity contribution in [2.75, 3.05) is 34.5 Å². The molecule has 2 fully saturated rings. The van der Waals surface area contributed by atoms with Crippen molar-refractivity contribution in [3.05, 3.63) is 17.7 Å². The van der Waals surface area contributed by atoms with Crippen LogP contribution in [-0.4, -0.2) is 57.6 Å². The van der Waals surface area contributed by atoms with Crippen LogP contribution >= 0.6 is 0 Å². The van der Waals surface area contributed by atoms with Crippen LogP contribution in [0.2, 0.25) is 0 Å². The predicted molar refractivity (Wildman–Crippen MR) is 106 cm³/mol. The third-order valence-electron chi connectivity index (χ3n) is 5.66. The van der Waals surface area contributed by atoms with Gasteiger partial charge in [-0.3, -0.25) is 0 Å². The smallest absolute Gasteiger partial charge is 0.318 e. The number of urea groups is 1. The maximum atomic E-state index is 13.0. The Morgan fingerprint density at radius 1 is 1.07 bits per heavy atom. The van der Waals surface area contributed by atoms with Crippen molar-refractivity contribution in [3.8, 4) is 17.2 Å². The molecule has 2 aliphatic rings. The molecule has 156 valence electrons. The standard InChI is InChI=1S/C21H32N2O5/c1-25-18-11-10-15(19(26-2)20(18)27-3)14-23(16-7-4-5-8-16)21(24)22-13-17-9-6-12-28-17/h10-11,16-17H,4-9,12-14H2,1-3H3,(H,22,24). The molecule has 1 saturated carbocycles. The Balaban J connectivity index is 1.78. The van der Waals surface area contributed by atoms with Crippen LogP contribution < -0.4 is 19.5 Å². The highest BCUT2D eigenvalue weighted by atomic mass is 16.5. The van der Waals surface area contributed by atoms with Crippen molar-refractivity contribution >= 4 is 6.03 Å². The van der Waals surface area contributed by atoms with E-state index in [-0.39, 0.29) is 18.2 Å². The highest BCUT2D eigenvalue weighted by Gasteiger charge is 2.29. The molecule has 0 spiro atoms. The van der Waals surface area contributed by atoms with Crippen LogP contribution in [0.25, 0.3) is 0 Å². The first-order chi connectivity index (χ1) is 13.7. The largest absolute Gasteiger partial charge is 0.493 e. The zero-order valence-electron chi connectivity index (χ0n) is 17.2. The minimum atomic E-state index is -0.0424. The fourth-order valence-electron chi connectivity index (χ4n) is 4.16. The van der Waals surface area contributed by atoms with Gasteiger partial charge in [0.1, 0.15) is 0 Å². The van der Waals surface area contributed by atoms with E-state index in [9.17, 15) is 4.79 Å². The third kappa shape index (κ3) is 4.63. The van der Waals surface area contributed by atoms with Gasteiger partial charge in [-0.25, -0.2) is 4.79 Å². The molecular formula is C21H32N2O5. The van der Waals surface area contributed by atoms with E-state index in [0.717, 1.165) is 50.7 Å². The molecule has 1 N–H and O–H groups in total. The number of hydrogen-bond acceptors (Lipinski definition) is 5. The van der Waals surface area contributed by atoms with Crippen LogP contribution in [0.1, 0.15) is 44.1 Å². The van der Waals surface area contributed by atoms with Gasteiger partial charge in [-0.05, 0) is 37.8 Å². The second-order valence-electron chi connectivity index (χ2n) is 7.38. The van der Waals surface area contributed by atoms with Crippen molar-refractivity contribution in [1.82, 2.24) is 10.2 Å². The molecule has 2 amide bonds. The van der Waals surface area contributed by atoms with Crippen LogP contribution in [0.15, 0.2) is 12.1 Å². The van der Waals surface area contributed by atoms with Gasteiger partial charge in [-0.1, -0.05) is 12.8 Å². The SMILES string of the molecule is COc1ccc(CN(C(=O)NCC2CCCO2)C2CCCC2)c(OC)c1OC. The second kappa shape index (κ2) is 9.87. The maximum absolute atomic E-state index is 13.0. The molecule has 7 heteroatoms. The maximum Gasteiger partial charge on any atom is 0.318 e. The lowest BCUT2D eigenvalue weighted by molar-refractivity contribution is 0.106. The molecule has 0 radical (unpaired) electrons. The molecule has 0 bridgehead atoms. The van der Waals surface area contributed by atoms with E-state index in [1.165, 1.54) is 0 Å². The van der Waals surface area contributed by atoms with Crippen molar-refractivity contribution < 1.29 is 23.7 Å². The zero-order chi connectivity index (χ0) is 19.9. The third-order valence-corrected chi connectivity index (χ3v) is 5.66. The van der Waals surface area contributed by atoms with Crippen molar-refractivity contribution in [3.63, 3.8) is 0 Å². The number of rotatable bonds is 8. The van der Waals surface area contributed by atoms with Crippen LogP contribution in [0.5, 0.6) is 17.2 Å². The Hall–Kier alpha value is -2.15. The number of hydrogen-bond donors (Lipinski definition) is 1. The summed E-state index contributed by atoms with van der Waals surface area (Å²) >= 11 is 0. The summed E-state index contributed by atoms with van der Waals surface area (Å²) < 4.78 is 22.1. The highest BCUT2D eigenvalue weighted by molar-refractivity contribution is 5.75. The number of nitrogens with one attached hydrogen (secondary N) is 1. The quantitative estimate of drug-likeness (QED) is 0.735. The predicted octanol–water partition coefficient (Wildman–Crippen LogP) is 3.35. The van der Waals surface area contributed by atoms with Gasteiger partial charge in [-0.2, -0.15) is 0 Å². The van der Waals surface area contributed by atoms with E-state index in [2.05, 4.69) is 5.32 Å². The Morgan fingerprint density at radius 2 is 1.82 bits per heavy atom. The molecule has 1 heterocycles. The van der Waals surface area contributed by atoms with E-state index in [1.807, 2.05) is 17.0 Å². The Morgan fingerprint density at radius 3 is 2.43 bits per heavy atom. The second-order valence-corrected chi connectivity index (χ2v) is 7.38. The number of benzene rings is 1. The van der Waals surface area contributed by atoms with Gasteiger partial charge in [0.05, 0.1) is 34.0 Å². The van der Waals surface area contributed by atoms with Crippen molar-refractivity contribution in [2.45, 2.75) is 57.2 Å². The molecule has 1 aliphatic heterocycles. The first-order valence-electron chi connectivity index (χ1n) is 10.1. The molecule has 1 aromatic carbocycles. The molecule has 1 aromatic rings. The molecule has 7 nitrogen and oxygen atoms in total. The Bertz CT molecular complexity index is 654.